The van der Waals surface area contributed by atoms with Crippen LogP contribution in [0.1, 0.15) is 53.8 Å². The number of alkyl halides is 1. The lowest BCUT2D eigenvalue weighted by Gasteiger charge is -2.10. The number of carbonyl (C=O) groups is 2. The molecule has 1 unspecified atom stereocenters. The number of anilines is 1. The lowest BCUT2D eigenvalue weighted by Crippen LogP contribution is -2.29. The number of aromatic nitrogens is 3. The third kappa shape index (κ3) is 3.60. The molecule has 1 aliphatic rings. The molecule has 0 saturated carbocycles. The first-order valence-corrected chi connectivity index (χ1v) is 8.49. The number of amides is 2. The fourth-order valence-corrected chi connectivity index (χ4v) is 2.92. The Hall–Kier alpha value is -2.57. The molecule has 132 valence electrons. The molecule has 0 spiro atoms. The molecule has 1 aliphatic heterocycles. The number of nitrogens with zero attached hydrogens (tertiary/aromatic N) is 4. The van der Waals surface area contributed by atoms with Crippen molar-refractivity contribution in [2.45, 2.75) is 45.8 Å². The summed E-state index contributed by atoms with van der Waals surface area (Å²) in [6.07, 6.45) is 2.67. The molecule has 1 aromatic heterocycles. The first-order chi connectivity index (χ1) is 12.0. The first-order valence-electron chi connectivity index (χ1n) is 8.49. The van der Waals surface area contributed by atoms with Gasteiger partial charge in [0.1, 0.15) is 6.17 Å². The zero-order valence-corrected chi connectivity index (χ0v) is 14.4. The van der Waals surface area contributed by atoms with E-state index in [2.05, 4.69) is 24.2 Å². The average molecular weight is 344 g/mol. The highest BCUT2D eigenvalue weighted by Gasteiger charge is 2.37. The summed E-state index contributed by atoms with van der Waals surface area (Å²) >= 11 is 0. The van der Waals surface area contributed by atoms with Gasteiger partial charge in [0.25, 0.3) is 11.8 Å². The van der Waals surface area contributed by atoms with E-state index in [1.165, 1.54) is 10.9 Å². The van der Waals surface area contributed by atoms with Crippen molar-refractivity contribution in [2.24, 2.45) is 5.92 Å². The maximum atomic E-state index is 14.1. The molecule has 3 rings (SSSR count). The zero-order chi connectivity index (χ0) is 18.0. The molecule has 6 nitrogen and oxygen atoms in total. The van der Waals surface area contributed by atoms with Crippen LogP contribution in [0.15, 0.2) is 30.5 Å². The minimum absolute atomic E-state index is 0.0638. The molecule has 1 aromatic carbocycles. The highest BCUT2D eigenvalue weighted by atomic mass is 19.1. The Labute approximate surface area is 145 Å². The van der Waals surface area contributed by atoms with E-state index in [-0.39, 0.29) is 12.4 Å². The summed E-state index contributed by atoms with van der Waals surface area (Å²) in [5, 5.41) is 7.73. The second-order valence-electron chi connectivity index (χ2n) is 6.71. The van der Waals surface area contributed by atoms with Gasteiger partial charge in [0.2, 0.25) is 0 Å². The Bertz CT molecular complexity index is 752. The highest BCUT2D eigenvalue weighted by molar-refractivity contribution is 6.34. The molecular formula is C18H21FN4O2. The average Bonchev–Trinajstić information content (AvgIpc) is 3.11. The lowest BCUT2D eigenvalue weighted by atomic mass is 10.0. The second kappa shape index (κ2) is 7.13. The number of fused-ring (bicyclic) bond motifs is 1. The Balaban J connectivity index is 1.66. The fourth-order valence-electron chi connectivity index (χ4n) is 2.92. The molecule has 0 bridgehead atoms. The van der Waals surface area contributed by atoms with Crippen molar-refractivity contribution in [3.63, 3.8) is 0 Å². The van der Waals surface area contributed by atoms with Crippen LogP contribution in [0.25, 0.3) is 0 Å². The number of rotatable bonds is 7. The number of benzene rings is 1. The summed E-state index contributed by atoms with van der Waals surface area (Å²) < 4.78 is 15.4. The summed E-state index contributed by atoms with van der Waals surface area (Å²) in [7, 11) is 0. The Kier molecular flexibility index (Phi) is 4.92. The minimum atomic E-state index is -1.03. The van der Waals surface area contributed by atoms with Gasteiger partial charge in [-0.15, -0.1) is 5.10 Å². The Morgan fingerprint density at radius 2 is 1.72 bits per heavy atom. The molecule has 7 heteroatoms. The van der Waals surface area contributed by atoms with Crippen LogP contribution in [0.3, 0.4) is 0 Å². The van der Waals surface area contributed by atoms with Crippen molar-refractivity contribution in [2.75, 3.05) is 4.90 Å². The Morgan fingerprint density at radius 3 is 2.32 bits per heavy atom. The van der Waals surface area contributed by atoms with E-state index in [0.717, 1.165) is 17.7 Å². The van der Waals surface area contributed by atoms with Crippen LogP contribution in [-0.4, -0.2) is 33.0 Å². The smallest absolute Gasteiger partial charge is 0.267 e. The van der Waals surface area contributed by atoms with E-state index in [4.69, 9.17) is 0 Å². The van der Waals surface area contributed by atoms with Crippen molar-refractivity contribution >= 4 is 17.6 Å². The molecule has 0 fully saturated rings. The van der Waals surface area contributed by atoms with Crippen molar-refractivity contribution in [3.05, 3.63) is 41.6 Å². The van der Waals surface area contributed by atoms with Crippen LogP contribution in [0.2, 0.25) is 0 Å². The van der Waals surface area contributed by atoms with Crippen LogP contribution < -0.4 is 4.90 Å². The van der Waals surface area contributed by atoms with Gasteiger partial charge in [-0.2, -0.15) is 0 Å². The molecule has 0 saturated heterocycles. The summed E-state index contributed by atoms with van der Waals surface area (Å²) in [6, 6.07) is 6.61. The Morgan fingerprint density at radius 1 is 1.08 bits per heavy atom. The molecule has 2 aromatic rings. The molecule has 2 amide bonds. The van der Waals surface area contributed by atoms with E-state index in [0.29, 0.717) is 23.5 Å². The summed E-state index contributed by atoms with van der Waals surface area (Å²) in [5.41, 5.74) is 0.693. The van der Waals surface area contributed by atoms with Gasteiger partial charge in [0.15, 0.2) is 5.82 Å². The van der Waals surface area contributed by atoms with Crippen molar-refractivity contribution in [1.82, 2.24) is 15.0 Å². The van der Waals surface area contributed by atoms with E-state index >= 15 is 0 Å². The van der Waals surface area contributed by atoms with Gasteiger partial charge in [-0.05, 0) is 24.5 Å². The van der Waals surface area contributed by atoms with Gasteiger partial charge < -0.3 is 0 Å². The van der Waals surface area contributed by atoms with Crippen LogP contribution in [0, 0.1) is 5.92 Å². The van der Waals surface area contributed by atoms with Gasteiger partial charge in [-0.1, -0.05) is 44.0 Å². The summed E-state index contributed by atoms with van der Waals surface area (Å²) in [5.74, 6) is -0.178. The van der Waals surface area contributed by atoms with E-state index < -0.39 is 18.0 Å². The number of carbonyl (C=O) groups excluding carboxylic acids is 2. The van der Waals surface area contributed by atoms with Crippen molar-refractivity contribution < 1.29 is 14.0 Å². The van der Waals surface area contributed by atoms with Gasteiger partial charge in [0.05, 0.1) is 23.9 Å². The van der Waals surface area contributed by atoms with Crippen LogP contribution in [0.4, 0.5) is 10.2 Å². The van der Waals surface area contributed by atoms with E-state index in [1.807, 2.05) is 0 Å². The first kappa shape index (κ1) is 17.3. The number of halogens is 1. The quantitative estimate of drug-likeness (QED) is 0.723. The molecule has 0 N–H and O–H groups in total. The van der Waals surface area contributed by atoms with Crippen molar-refractivity contribution in [3.8, 4) is 0 Å². The topological polar surface area (TPSA) is 68.1 Å². The monoisotopic (exact) mass is 344 g/mol. The molecule has 2 heterocycles. The lowest BCUT2D eigenvalue weighted by molar-refractivity contribution is 0.0925. The minimum Gasteiger partial charge on any atom is -0.268 e. The van der Waals surface area contributed by atoms with Gasteiger partial charge in [-0.25, -0.2) is 14.0 Å². The molecular weight excluding hydrogens is 323 g/mol. The van der Waals surface area contributed by atoms with Gasteiger partial charge in [0, 0.05) is 0 Å². The number of hydrogen-bond acceptors (Lipinski definition) is 4. The second-order valence-corrected chi connectivity index (χ2v) is 6.71. The predicted molar refractivity (Wildman–Crippen MR) is 91.2 cm³/mol. The van der Waals surface area contributed by atoms with E-state index in [1.54, 1.807) is 24.3 Å². The molecule has 1 atom stereocenters. The number of imide groups is 1. The van der Waals surface area contributed by atoms with Crippen LogP contribution in [0.5, 0.6) is 0 Å². The zero-order valence-electron chi connectivity index (χ0n) is 14.4. The third-order valence-electron chi connectivity index (χ3n) is 4.23. The predicted octanol–water partition coefficient (Wildman–Crippen LogP) is 3.24. The maximum Gasteiger partial charge on any atom is 0.267 e. The summed E-state index contributed by atoms with van der Waals surface area (Å²) in [6.45, 7) is 4.28. The van der Waals surface area contributed by atoms with Crippen LogP contribution in [-0.2, 0) is 6.54 Å². The van der Waals surface area contributed by atoms with E-state index in [9.17, 15) is 14.0 Å². The summed E-state index contributed by atoms with van der Waals surface area (Å²) in [4.78, 5) is 25.8. The van der Waals surface area contributed by atoms with Crippen molar-refractivity contribution in [1.29, 1.82) is 0 Å². The normalized spacial score (nSPS) is 15.1. The fraction of sp³-hybridized carbons (Fsp3) is 0.444. The third-order valence-corrected chi connectivity index (χ3v) is 4.23. The van der Waals surface area contributed by atoms with Crippen LogP contribution >= 0.6 is 0 Å². The number of hydrogen-bond donors (Lipinski definition) is 0. The highest BCUT2D eigenvalue weighted by Crippen LogP contribution is 2.26. The maximum absolute atomic E-state index is 14.1. The molecule has 25 heavy (non-hydrogen) atoms. The standard InChI is InChI=1S/C18H21FN4O2/c1-12(2)6-5-7-13(19)10-22-11-16(20-21-22)23-17(24)14-8-3-4-9-15(14)18(23)25/h3-4,8-9,11-13H,5-7,10H2,1-2H3. The molecule has 0 aliphatic carbocycles. The van der Waals surface area contributed by atoms with Gasteiger partial charge >= 0.3 is 0 Å². The largest absolute Gasteiger partial charge is 0.268 e. The van der Waals surface area contributed by atoms with Gasteiger partial charge in [-0.3, -0.25) is 9.59 Å². The molecule has 0 radical (unpaired) electrons. The SMILES string of the molecule is CC(C)CCCC(F)Cn1cc(N2C(=O)c3ccccc3C2=O)nn1.